The molecule has 7 heteroatoms. The van der Waals surface area contributed by atoms with Gasteiger partial charge in [-0.1, -0.05) is 6.92 Å². The molecule has 4 rings (SSSR count). The van der Waals surface area contributed by atoms with E-state index in [0.29, 0.717) is 11.7 Å². The van der Waals surface area contributed by atoms with E-state index in [1.807, 2.05) is 41.2 Å². The molecule has 0 saturated carbocycles. The molecule has 1 saturated heterocycles. The van der Waals surface area contributed by atoms with E-state index in [1.54, 1.807) is 0 Å². The third kappa shape index (κ3) is 4.25. The lowest BCUT2D eigenvalue weighted by Gasteiger charge is -2.27. The van der Waals surface area contributed by atoms with Crippen LogP contribution in [0.1, 0.15) is 47.1 Å². The van der Waals surface area contributed by atoms with Gasteiger partial charge in [-0.15, -0.1) is 0 Å². The van der Waals surface area contributed by atoms with Crippen molar-refractivity contribution in [3.63, 3.8) is 0 Å². The Kier molecular flexibility index (Phi) is 6.32. The predicted octanol–water partition coefficient (Wildman–Crippen LogP) is 2.52. The topological polar surface area (TPSA) is 63.1 Å². The van der Waals surface area contributed by atoms with E-state index < -0.39 is 0 Å². The summed E-state index contributed by atoms with van der Waals surface area (Å²) in [5.74, 6) is 2.18. The van der Waals surface area contributed by atoms with Crippen molar-refractivity contribution < 1.29 is 4.79 Å². The molecule has 150 valence electrons. The van der Waals surface area contributed by atoms with Crippen LogP contribution >= 0.6 is 11.8 Å². The maximum absolute atomic E-state index is 13.2. The average molecular weight is 400 g/mol. The molecule has 1 amide bonds. The number of nitrogens with zero attached hydrogens (tertiary/aromatic N) is 4. The highest BCUT2D eigenvalue weighted by atomic mass is 32.2. The summed E-state index contributed by atoms with van der Waals surface area (Å²) in [5, 5.41) is 8.46. The molecule has 1 N–H and O–H groups in total. The fraction of sp³-hybridized carbons (Fsp3) is 0.571. The molecule has 2 aromatic rings. The number of aryl methyl sites for hydroxylation is 1. The van der Waals surface area contributed by atoms with Crippen molar-refractivity contribution in [1.82, 2.24) is 25.0 Å². The molecule has 2 aliphatic rings. The number of amides is 1. The lowest BCUT2D eigenvalue weighted by atomic mass is 9.91. The number of carbonyl (C=O) groups is 1. The van der Waals surface area contributed by atoms with Gasteiger partial charge >= 0.3 is 0 Å². The molecule has 0 bridgehead atoms. The molecule has 0 unspecified atom stereocenters. The van der Waals surface area contributed by atoms with Crippen LogP contribution in [0.5, 0.6) is 0 Å². The second kappa shape index (κ2) is 9.09. The molecule has 0 spiro atoms. The minimum Gasteiger partial charge on any atom is -0.336 e. The van der Waals surface area contributed by atoms with Crippen LogP contribution in [0.2, 0.25) is 0 Å². The summed E-state index contributed by atoms with van der Waals surface area (Å²) in [5.41, 5.74) is 4.39. The third-order valence-corrected chi connectivity index (χ3v) is 6.57. The molecule has 0 radical (unpaired) electrons. The van der Waals surface area contributed by atoms with E-state index >= 15 is 0 Å². The molecule has 2 aromatic heterocycles. The van der Waals surface area contributed by atoms with Crippen LogP contribution in [0.4, 0.5) is 0 Å². The lowest BCUT2D eigenvalue weighted by molar-refractivity contribution is 0.0764. The predicted molar refractivity (Wildman–Crippen MR) is 113 cm³/mol. The summed E-state index contributed by atoms with van der Waals surface area (Å²) in [6.07, 6.45) is 7.65. The van der Waals surface area contributed by atoms with Crippen LogP contribution in [0.3, 0.4) is 0 Å². The van der Waals surface area contributed by atoms with Crippen LogP contribution < -0.4 is 5.32 Å². The second-order valence-corrected chi connectivity index (χ2v) is 8.80. The maximum Gasteiger partial charge on any atom is 0.274 e. The number of aromatic nitrogens is 3. The molecular formula is C21H29N5OS. The molecule has 1 atom stereocenters. The number of pyridine rings is 1. The summed E-state index contributed by atoms with van der Waals surface area (Å²) in [7, 11) is 0. The van der Waals surface area contributed by atoms with Gasteiger partial charge in [0.1, 0.15) is 0 Å². The van der Waals surface area contributed by atoms with E-state index in [-0.39, 0.29) is 5.91 Å². The highest BCUT2D eigenvalue weighted by Gasteiger charge is 2.31. The largest absolute Gasteiger partial charge is 0.336 e. The van der Waals surface area contributed by atoms with Crippen molar-refractivity contribution in [2.75, 3.05) is 24.6 Å². The Morgan fingerprint density at radius 2 is 2.07 bits per heavy atom. The Hall–Kier alpha value is -1.86. The molecule has 1 fully saturated rings. The second-order valence-electron chi connectivity index (χ2n) is 7.58. The van der Waals surface area contributed by atoms with Gasteiger partial charge < -0.3 is 10.2 Å². The number of carbonyl (C=O) groups excluding carboxylic acids is 1. The number of thioether (sulfide) groups is 1. The Labute approximate surface area is 171 Å². The molecule has 6 nitrogen and oxygen atoms in total. The van der Waals surface area contributed by atoms with Gasteiger partial charge in [0.15, 0.2) is 5.69 Å². The Morgan fingerprint density at radius 1 is 1.29 bits per heavy atom. The van der Waals surface area contributed by atoms with Crippen LogP contribution in [-0.2, 0) is 25.9 Å². The van der Waals surface area contributed by atoms with Crippen molar-refractivity contribution in [3.8, 4) is 0 Å². The average Bonchev–Trinajstić information content (AvgIpc) is 3.11. The zero-order valence-corrected chi connectivity index (χ0v) is 17.4. The molecule has 1 aliphatic heterocycles. The van der Waals surface area contributed by atoms with Crippen LogP contribution in [0.25, 0.3) is 0 Å². The summed E-state index contributed by atoms with van der Waals surface area (Å²) in [6.45, 7) is 5.56. The van der Waals surface area contributed by atoms with E-state index in [4.69, 9.17) is 5.10 Å². The standard InChI is InChI=1S/C21H29N5OS/c1-2-9-26-19-4-3-17(23-15-16-5-7-22-8-6-16)14-18(19)20(24-26)21(27)25-10-12-28-13-11-25/h5-8,17,23H,2-4,9-15H2,1H3/t17-/m1/s1. The molecule has 28 heavy (non-hydrogen) atoms. The highest BCUT2D eigenvalue weighted by Crippen LogP contribution is 2.27. The van der Waals surface area contributed by atoms with Crippen molar-refractivity contribution in [1.29, 1.82) is 0 Å². The first-order valence-corrected chi connectivity index (χ1v) is 11.5. The van der Waals surface area contributed by atoms with E-state index in [1.165, 1.54) is 16.8 Å². The van der Waals surface area contributed by atoms with Crippen molar-refractivity contribution in [2.24, 2.45) is 0 Å². The number of fused-ring (bicyclic) bond motifs is 1. The van der Waals surface area contributed by atoms with Gasteiger partial charge in [-0.25, -0.2) is 0 Å². The Balaban J connectivity index is 1.51. The minimum atomic E-state index is 0.126. The van der Waals surface area contributed by atoms with Crippen molar-refractivity contribution in [3.05, 3.63) is 47.0 Å². The quantitative estimate of drug-likeness (QED) is 0.809. The number of hydrogen-bond donors (Lipinski definition) is 1. The minimum absolute atomic E-state index is 0.126. The SMILES string of the molecule is CCCn1nc(C(=O)N2CCSCC2)c2c1CC[C@@H](NCc1ccncc1)C2. The zero-order valence-electron chi connectivity index (χ0n) is 16.6. The first-order chi connectivity index (χ1) is 13.8. The Bertz CT molecular complexity index is 801. The van der Waals surface area contributed by atoms with Gasteiger partial charge in [0.2, 0.25) is 0 Å². The smallest absolute Gasteiger partial charge is 0.274 e. The van der Waals surface area contributed by atoms with Gasteiger partial charge in [0.05, 0.1) is 0 Å². The summed E-state index contributed by atoms with van der Waals surface area (Å²) < 4.78 is 2.10. The van der Waals surface area contributed by atoms with Gasteiger partial charge in [-0.2, -0.15) is 16.9 Å². The highest BCUT2D eigenvalue weighted by molar-refractivity contribution is 7.99. The Morgan fingerprint density at radius 3 is 2.82 bits per heavy atom. The van der Waals surface area contributed by atoms with E-state index in [0.717, 1.165) is 63.4 Å². The third-order valence-electron chi connectivity index (χ3n) is 5.63. The van der Waals surface area contributed by atoms with Crippen LogP contribution in [0, 0.1) is 0 Å². The fourth-order valence-corrected chi connectivity index (χ4v) is 5.01. The van der Waals surface area contributed by atoms with Gasteiger partial charge in [-0.3, -0.25) is 14.5 Å². The maximum atomic E-state index is 13.2. The first kappa shape index (κ1) is 19.5. The molecular weight excluding hydrogens is 370 g/mol. The zero-order chi connectivity index (χ0) is 19.3. The number of rotatable bonds is 6. The monoisotopic (exact) mass is 399 g/mol. The molecule has 1 aliphatic carbocycles. The van der Waals surface area contributed by atoms with Crippen LogP contribution in [-0.4, -0.2) is 56.2 Å². The van der Waals surface area contributed by atoms with Crippen LogP contribution in [0.15, 0.2) is 24.5 Å². The summed E-state index contributed by atoms with van der Waals surface area (Å²) in [6, 6.07) is 4.47. The number of hydrogen-bond acceptors (Lipinski definition) is 5. The normalized spacial score (nSPS) is 19.5. The molecule has 0 aromatic carbocycles. The van der Waals surface area contributed by atoms with Crippen molar-refractivity contribution >= 4 is 17.7 Å². The van der Waals surface area contributed by atoms with Gasteiger partial charge in [-0.05, 0) is 43.4 Å². The first-order valence-electron chi connectivity index (χ1n) is 10.3. The number of nitrogens with one attached hydrogen (secondary N) is 1. The van der Waals surface area contributed by atoms with Crippen molar-refractivity contribution in [2.45, 2.75) is 51.7 Å². The van der Waals surface area contributed by atoms with E-state index in [2.05, 4.69) is 21.9 Å². The van der Waals surface area contributed by atoms with Gasteiger partial charge in [0, 0.05) is 67.4 Å². The summed E-state index contributed by atoms with van der Waals surface area (Å²) in [4.78, 5) is 19.3. The molecule has 3 heterocycles. The van der Waals surface area contributed by atoms with E-state index in [9.17, 15) is 4.79 Å². The fourth-order valence-electron chi connectivity index (χ4n) is 4.11. The van der Waals surface area contributed by atoms with Gasteiger partial charge in [0.25, 0.3) is 5.91 Å². The lowest BCUT2D eigenvalue weighted by Crippen LogP contribution is -2.39. The summed E-state index contributed by atoms with van der Waals surface area (Å²) >= 11 is 1.92.